The lowest BCUT2D eigenvalue weighted by Crippen LogP contribution is -2.50. The standard InChI is InChI=1S/C29H27ClN4O3/c30-21-11-12-23-25(17-21)31-18-24(27(23)35)26(19-7-3-1-4-8-19)33-29(37)32-22-13-15-34(16-14-22)28(36)20-9-5-2-6-10-20/h1-12,17-18,22,26H,13-16H2,(H,31,35)(H2,32,33,37). The molecule has 0 aliphatic carbocycles. The largest absolute Gasteiger partial charge is 0.361 e. The van der Waals surface area contributed by atoms with Crippen LogP contribution in [0.15, 0.2) is 89.9 Å². The number of hydrogen-bond donors (Lipinski definition) is 3. The number of piperidine rings is 1. The van der Waals surface area contributed by atoms with Gasteiger partial charge in [0, 0.05) is 46.9 Å². The van der Waals surface area contributed by atoms with Crippen LogP contribution in [0, 0.1) is 0 Å². The van der Waals surface area contributed by atoms with Gasteiger partial charge in [-0.15, -0.1) is 0 Å². The first-order valence-corrected chi connectivity index (χ1v) is 12.6. The number of nitrogens with one attached hydrogen (secondary N) is 3. The molecule has 4 aromatic rings. The van der Waals surface area contributed by atoms with E-state index >= 15 is 0 Å². The zero-order valence-corrected chi connectivity index (χ0v) is 20.9. The molecule has 0 spiro atoms. The Morgan fingerprint density at radius 2 is 1.62 bits per heavy atom. The molecule has 2 heterocycles. The van der Waals surface area contributed by atoms with E-state index in [4.69, 9.17) is 11.6 Å². The maximum Gasteiger partial charge on any atom is 0.315 e. The second kappa shape index (κ2) is 10.9. The predicted molar refractivity (Wildman–Crippen MR) is 145 cm³/mol. The van der Waals surface area contributed by atoms with Gasteiger partial charge in [-0.25, -0.2) is 4.79 Å². The highest BCUT2D eigenvalue weighted by Crippen LogP contribution is 2.22. The van der Waals surface area contributed by atoms with Crippen molar-refractivity contribution in [3.63, 3.8) is 0 Å². The number of benzene rings is 3. The van der Waals surface area contributed by atoms with Gasteiger partial charge in [0.05, 0.1) is 11.6 Å². The first kappa shape index (κ1) is 24.6. The number of pyridine rings is 1. The van der Waals surface area contributed by atoms with Crippen LogP contribution in [-0.2, 0) is 0 Å². The van der Waals surface area contributed by atoms with Gasteiger partial charge in [0.25, 0.3) is 5.91 Å². The fourth-order valence-electron chi connectivity index (χ4n) is 4.76. The summed E-state index contributed by atoms with van der Waals surface area (Å²) in [5, 5.41) is 7.06. The van der Waals surface area contributed by atoms with Gasteiger partial charge in [0.15, 0.2) is 5.43 Å². The van der Waals surface area contributed by atoms with Gasteiger partial charge in [-0.05, 0) is 48.7 Å². The van der Waals surface area contributed by atoms with E-state index in [1.54, 1.807) is 24.4 Å². The number of carbonyl (C=O) groups is 2. The average molecular weight is 515 g/mol. The van der Waals surface area contributed by atoms with Crippen molar-refractivity contribution in [2.75, 3.05) is 13.1 Å². The number of urea groups is 1. The lowest BCUT2D eigenvalue weighted by molar-refractivity contribution is 0.0708. The minimum absolute atomic E-state index is 0.00413. The van der Waals surface area contributed by atoms with Gasteiger partial charge in [-0.2, -0.15) is 0 Å². The van der Waals surface area contributed by atoms with Crippen molar-refractivity contribution in [3.8, 4) is 0 Å². The number of aromatic amines is 1. The Kier molecular flexibility index (Phi) is 7.23. The van der Waals surface area contributed by atoms with Crippen molar-refractivity contribution in [1.82, 2.24) is 20.5 Å². The van der Waals surface area contributed by atoms with E-state index in [-0.39, 0.29) is 23.4 Å². The fraction of sp³-hybridized carbons (Fsp3) is 0.207. The number of fused-ring (bicyclic) bond motifs is 1. The molecule has 37 heavy (non-hydrogen) atoms. The van der Waals surface area contributed by atoms with E-state index in [9.17, 15) is 14.4 Å². The number of halogens is 1. The molecule has 1 saturated heterocycles. The molecule has 3 aromatic carbocycles. The highest BCUT2D eigenvalue weighted by molar-refractivity contribution is 6.31. The molecule has 1 atom stereocenters. The van der Waals surface area contributed by atoms with Crippen molar-refractivity contribution in [2.45, 2.75) is 24.9 Å². The van der Waals surface area contributed by atoms with Gasteiger partial charge in [0.1, 0.15) is 0 Å². The maximum atomic E-state index is 13.4. The molecule has 0 radical (unpaired) electrons. The molecule has 0 saturated carbocycles. The first-order valence-electron chi connectivity index (χ1n) is 12.3. The Labute approximate surface area is 219 Å². The van der Waals surface area contributed by atoms with E-state index in [0.717, 1.165) is 5.56 Å². The summed E-state index contributed by atoms with van der Waals surface area (Å²) >= 11 is 6.08. The van der Waals surface area contributed by atoms with Crippen LogP contribution in [0.5, 0.6) is 0 Å². The summed E-state index contributed by atoms with van der Waals surface area (Å²) in [5.74, 6) is 0.00413. The normalized spacial score (nSPS) is 14.8. The minimum Gasteiger partial charge on any atom is -0.361 e. The molecule has 3 amide bonds. The van der Waals surface area contributed by atoms with Crippen molar-refractivity contribution < 1.29 is 9.59 Å². The second-order valence-electron chi connectivity index (χ2n) is 9.16. The SMILES string of the molecule is O=C(NC1CCN(C(=O)c2ccccc2)CC1)NC(c1ccccc1)c1c[nH]c2cc(Cl)ccc2c1=O. The molecule has 0 bridgehead atoms. The van der Waals surface area contributed by atoms with Crippen LogP contribution >= 0.6 is 11.6 Å². The van der Waals surface area contributed by atoms with Crippen LogP contribution in [0.4, 0.5) is 4.79 Å². The summed E-state index contributed by atoms with van der Waals surface area (Å²) in [5.41, 5.74) is 2.35. The Bertz CT molecular complexity index is 1470. The van der Waals surface area contributed by atoms with Crippen molar-refractivity contribution in [1.29, 1.82) is 0 Å². The smallest absolute Gasteiger partial charge is 0.315 e. The first-order chi connectivity index (χ1) is 18.0. The molecule has 1 aliphatic rings. The van der Waals surface area contributed by atoms with Gasteiger partial charge < -0.3 is 20.5 Å². The van der Waals surface area contributed by atoms with E-state index in [2.05, 4.69) is 15.6 Å². The summed E-state index contributed by atoms with van der Waals surface area (Å²) < 4.78 is 0. The molecule has 188 valence electrons. The van der Waals surface area contributed by atoms with Crippen LogP contribution in [0.1, 0.15) is 40.4 Å². The van der Waals surface area contributed by atoms with E-state index < -0.39 is 6.04 Å². The monoisotopic (exact) mass is 514 g/mol. The zero-order valence-electron chi connectivity index (χ0n) is 20.1. The van der Waals surface area contributed by atoms with E-state index in [1.165, 1.54) is 0 Å². The number of carbonyl (C=O) groups excluding carboxylic acids is 2. The number of aromatic nitrogens is 1. The Morgan fingerprint density at radius 3 is 2.32 bits per heavy atom. The van der Waals surface area contributed by atoms with Crippen molar-refractivity contribution in [3.05, 3.63) is 117 Å². The quantitative estimate of drug-likeness (QED) is 0.354. The highest BCUT2D eigenvalue weighted by Gasteiger charge is 2.26. The number of rotatable bonds is 5. The van der Waals surface area contributed by atoms with Crippen LogP contribution in [0.3, 0.4) is 0 Å². The van der Waals surface area contributed by atoms with Gasteiger partial charge >= 0.3 is 6.03 Å². The highest BCUT2D eigenvalue weighted by atomic mass is 35.5. The van der Waals surface area contributed by atoms with Crippen molar-refractivity contribution in [2.24, 2.45) is 0 Å². The molecule has 1 fully saturated rings. The number of likely N-dealkylation sites (tertiary alicyclic amines) is 1. The lowest BCUT2D eigenvalue weighted by Gasteiger charge is -2.33. The van der Waals surface area contributed by atoms with Gasteiger partial charge in [-0.1, -0.05) is 60.1 Å². The molecule has 1 aliphatic heterocycles. The van der Waals surface area contributed by atoms with Crippen LogP contribution < -0.4 is 16.1 Å². The summed E-state index contributed by atoms with van der Waals surface area (Å²) in [7, 11) is 0. The third-order valence-electron chi connectivity index (χ3n) is 6.73. The Balaban J connectivity index is 1.29. The van der Waals surface area contributed by atoms with E-state index in [0.29, 0.717) is 53.0 Å². The van der Waals surface area contributed by atoms with Gasteiger partial charge in [-0.3, -0.25) is 9.59 Å². The predicted octanol–water partition coefficient (Wildman–Crippen LogP) is 4.87. The van der Waals surface area contributed by atoms with Crippen LogP contribution in [0.2, 0.25) is 5.02 Å². The third kappa shape index (κ3) is 5.52. The third-order valence-corrected chi connectivity index (χ3v) is 6.96. The van der Waals surface area contributed by atoms with E-state index in [1.807, 2.05) is 65.6 Å². The number of amides is 3. The molecule has 7 nitrogen and oxygen atoms in total. The number of H-pyrrole nitrogens is 1. The summed E-state index contributed by atoms with van der Waals surface area (Å²) in [6, 6.07) is 22.6. The molecule has 1 aromatic heterocycles. The topological polar surface area (TPSA) is 94.3 Å². The summed E-state index contributed by atoms with van der Waals surface area (Å²) in [6.45, 7) is 1.13. The van der Waals surface area contributed by atoms with Gasteiger partial charge in [0.2, 0.25) is 0 Å². The van der Waals surface area contributed by atoms with Crippen molar-refractivity contribution >= 4 is 34.4 Å². The molecule has 8 heteroatoms. The van der Waals surface area contributed by atoms with Crippen LogP contribution in [-0.4, -0.2) is 41.0 Å². The molecular formula is C29H27ClN4O3. The fourth-order valence-corrected chi connectivity index (χ4v) is 4.93. The second-order valence-corrected chi connectivity index (χ2v) is 9.59. The Hall–Kier alpha value is -4.10. The molecular weight excluding hydrogens is 488 g/mol. The lowest BCUT2D eigenvalue weighted by atomic mass is 9.98. The molecule has 5 rings (SSSR count). The molecule has 3 N–H and O–H groups in total. The average Bonchev–Trinajstić information content (AvgIpc) is 2.93. The number of nitrogens with zero attached hydrogens (tertiary/aromatic N) is 1. The summed E-state index contributed by atoms with van der Waals surface area (Å²) in [4.78, 5) is 44.1. The summed E-state index contributed by atoms with van der Waals surface area (Å²) in [6.07, 6.45) is 2.94. The number of hydrogen-bond acceptors (Lipinski definition) is 3. The van der Waals surface area contributed by atoms with Crippen LogP contribution in [0.25, 0.3) is 10.9 Å². The molecule has 1 unspecified atom stereocenters. The Morgan fingerprint density at radius 1 is 0.946 bits per heavy atom. The zero-order chi connectivity index (χ0) is 25.8. The maximum absolute atomic E-state index is 13.4. The minimum atomic E-state index is -0.648.